The van der Waals surface area contributed by atoms with E-state index in [9.17, 15) is 19.5 Å². The number of amides is 2. The van der Waals surface area contributed by atoms with Crippen molar-refractivity contribution in [3.8, 4) is 0 Å². The number of rotatable bonds is 2. The molecule has 0 unspecified atom stereocenters. The van der Waals surface area contributed by atoms with Crippen LogP contribution < -0.4 is 4.90 Å². The molecule has 5 heteroatoms. The number of carboxylic acid groups (broad SMARTS) is 1. The summed E-state index contributed by atoms with van der Waals surface area (Å²) in [6.07, 6.45) is 0. The molecule has 0 bridgehead atoms. The molecule has 25 heavy (non-hydrogen) atoms. The molecule has 2 amide bonds. The van der Waals surface area contributed by atoms with Gasteiger partial charge in [-0.25, -0.2) is 9.69 Å². The second-order valence-electron chi connectivity index (χ2n) is 5.93. The average Bonchev–Trinajstić information content (AvgIpc) is 2.60. The molecule has 1 N–H and O–H groups in total. The highest BCUT2D eigenvalue weighted by atomic mass is 16.4. The molecule has 0 aliphatic carbocycles. The van der Waals surface area contributed by atoms with Gasteiger partial charge in [0.15, 0.2) is 0 Å². The van der Waals surface area contributed by atoms with Crippen molar-refractivity contribution in [3.63, 3.8) is 0 Å². The van der Waals surface area contributed by atoms with Crippen molar-refractivity contribution < 1.29 is 19.5 Å². The molecule has 3 aromatic carbocycles. The highest BCUT2D eigenvalue weighted by molar-refractivity contribution is 6.36. The summed E-state index contributed by atoms with van der Waals surface area (Å²) in [6.45, 7) is 1.83. The summed E-state index contributed by atoms with van der Waals surface area (Å²) >= 11 is 0. The van der Waals surface area contributed by atoms with Crippen molar-refractivity contribution in [2.75, 3.05) is 4.90 Å². The van der Waals surface area contributed by atoms with E-state index in [1.54, 1.807) is 30.3 Å². The zero-order valence-electron chi connectivity index (χ0n) is 13.3. The van der Waals surface area contributed by atoms with Crippen LogP contribution in [-0.4, -0.2) is 22.9 Å². The van der Waals surface area contributed by atoms with Crippen LogP contribution in [-0.2, 0) is 0 Å². The first-order valence-electron chi connectivity index (χ1n) is 7.74. The van der Waals surface area contributed by atoms with Gasteiger partial charge in [0.1, 0.15) is 0 Å². The molecule has 0 saturated carbocycles. The lowest BCUT2D eigenvalue weighted by Crippen LogP contribution is -2.41. The number of para-hydroxylation sites is 1. The molecule has 5 nitrogen and oxygen atoms in total. The van der Waals surface area contributed by atoms with E-state index in [0.29, 0.717) is 27.6 Å². The fourth-order valence-corrected chi connectivity index (χ4v) is 3.32. The fraction of sp³-hybridized carbons (Fsp3) is 0.0500. The van der Waals surface area contributed by atoms with Gasteiger partial charge in [-0.05, 0) is 42.1 Å². The number of carbonyl (C=O) groups is 3. The highest BCUT2D eigenvalue weighted by Crippen LogP contribution is 2.35. The average molecular weight is 331 g/mol. The summed E-state index contributed by atoms with van der Waals surface area (Å²) in [5.41, 5.74) is 2.08. The SMILES string of the molecule is Cc1ccccc1N1C(=O)c2cccc3c(C(=O)O)ccc(c23)C1=O. The molecule has 0 radical (unpaired) electrons. The summed E-state index contributed by atoms with van der Waals surface area (Å²) in [5.74, 6) is -1.98. The molecular weight excluding hydrogens is 318 g/mol. The van der Waals surface area contributed by atoms with Gasteiger partial charge in [0.25, 0.3) is 11.8 Å². The Morgan fingerprint density at radius 2 is 1.56 bits per heavy atom. The van der Waals surface area contributed by atoms with Gasteiger partial charge < -0.3 is 5.11 Å². The predicted molar refractivity (Wildman–Crippen MR) is 93.2 cm³/mol. The maximum absolute atomic E-state index is 13.0. The Morgan fingerprint density at radius 3 is 2.24 bits per heavy atom. The second kappa shape index (κ2) is 5.27. The standard InChI is InChI=1S/C20H13NO4/c1-11-5-2-3-8-16(11)21-18(22)14-7-4-6-12-13(20(24)25)9-10-15(17(12)14)19(21)23/h2-10H,1H3,(H,24,25). The first kappa shape index (κ1) is 15.1. The Hall–Kier alpha value is -3.47. The Bertz CT molecular complexity index is 1060. The van der Waals surface area contributed by atoms with E-state index in [0.717, 1.165) is 10.5 Å². The van der Waals surface area contributed by atoms with Crippen molar-refractivity contribution in [3.05, 3.63) is 76.9 Å². The van der Waals surface area contributed by atoms with Gasteiger partial charge in [0, 0.05) is 16.5 Å². The van der Waals surface area contributed by atoms with Crippen LogP contribution in [0.25, 0.3) is 10.8 Å². The summed E-state index contributed by atoms with van der Waals surface area (Å²) in [6, 6.07) is 14.9. The summed E-state index contributed by atoms with van der Waals surface area (Å²) < 4.78 is 0. The Labute approximate surface area is 143 Å². The molecule has 0 aromatic heterocycles. The van der Waals surface area contributed by atoms with E-state index in [1.165, 1.54) is 12.1 Å². The molecule has 122 valence electrons. The van der Waals surface area contributed by atoms with Gasteiger partial charge >= 0.3 is 5.97 Å². The topological polar surface area (TPSA) is 74.7 Å². The third-order valence-corrected chi connectivity index (χ3v) is 4.49. The molecular formula is C20H13NO4. The molecule has 3 aromatic rings. The minimum Gasteiger partial charge on any atom is -0.478 e. The number of aromatic carboxylic acids is 1. The van der Waals surface area contributed by atoms with Crippen LogP contribution in [0.1, 0.15) is 36.6 Å². The summed E-state index contributed by atoms with van der Waals surface area (Å²) in [7, 11) is 0. The van der Waals surface area contributed by atoms with E-state index in [1.807, 2.05) is 19.1 Å². The van der Waals surface area contributed by atoms with Gasteiger partial charge in [0.05, 0.1) is 11.3 Å². The third kappa shape index (κ3) is 2.06. The number of benzene rings is 3. The lowest BCUT2D eigenvalue weighted by Gasteiger charge is -2.28. The minimum atomic E-state index is -1.09. The van der Waals surface area contributed by atoms with E-state index < -0.39 is 17.8 Å². The maximum Gasteiger partial charge on any atom is 0.336 e. The number of hydrogen-bond donors (Lipinski definition) is 1. The molecule has 1 heterocycles. The van der Waals surface area contributed by atoms with Gasteiger partial charge in [-0.15, -0.1) is 0 Å². The predicted octanol–water partition coefficient (Wildman–Crippen LogP) is 3.65. The number of carboxylic acids is 1. The van der Waals surface area contributed by atoms with Crippen LogP contribution in [0.15, 0.2) is 54.6 Å². The Balaban J connectivity index is 2.03. The van der Waals surface area contributed by atoms with Crippen LogP contribution in [0.4, 0.5) is 5.69 Å². The van der Waals surface area contributed by atoms with Crippen LogP contribution in [0.3, 0.4) is 0 Å². The highest BCUT2D eigenvalue weighted by Gasteiger charge is 2.35. The number of carbonyl (C=O) groups excluding carboxylic acids is 2. The van der Waals surface area contributed by atoms with Crippen molar-refractivity contribution in [2.45, 2.75) is 6.92 Å². The number of imide groups is 1. The first-order valence-corrected chi connectivity index (χ1v) is 7.74. The van der Waals surface area contributed by atoms with E-state index in [2.05, 4.69) is 0 Å². The molecule has 0 saturated heterocycles. The Kier molecular flexibility index (Phi) is 3.18. The van der Waals surface area contributed by atoms with Crippen LogP contribution in [0.5, 0.6) is 0 Å². The van der Waals surface area contributed by atoms with Crippen LogP contribution in [0.2, 0.25) is 0 Å². The van der Waals surface area contributed by atoms with Crippen molar-refractivity contribution in [2.24, 2.45) is 0 Å². The smallest absolute Gasteiger partial charge is 0.336 e. The van der Waals surface area contributed by atoms with E-state index >= 15 is 0 Å². The van der Waals surface area contributed by atoms with Gasteiger partial charge in [-0.3, -0.25) is 9.59 Å². The van der Waals surface area contributed by atoms with Gasteiger partial charge in [-0.1, -0.05) is 30.3 Å². The molecule has 4 rings (SSSR count). The van der Waals surface area contributed by atoms with Crippen molar-refractivity contribution >= 4 is 34.2 Å². The summed E-state index contributed by atoms with van der Waals surface area (Å²) in [5, 5.41) is 10.2. The van der Waals surface area contributed by atoms with E-state index in [4.69, 9.17) is 0 Å². The van der Waals surface area contributed by atoms with Crippen molar-refractivity contribution in [1.29, 1.82) is 0 Å². The molecule has 0 fully saturated rings. The van der Waals surface area contributed by atoms with Crippen LogP contribution in [0, 0.1) is 6.92 Å². The largest absolute Gasteiger partial charge is 0.478 e. The number of nitrogens with zero attached hydrogens (tertiary/aromatic N) is 1. The first-order chi connectivity index (χ1) is 12.0. The quantitative estimate of drug-likeness (QED) is 0.727. The monoisotopic (exact) mass is 331 g/mol. The Morgan fingerprint density at radius 1 is 0.880 bits per heavy atom. The number of hydrogen-bond acceptors (Lipinski definition) is 3. The third-order valence-electron chi connectivity index (χ3n) is 4.49. The summed E-state index contributed by atoms with van der Waals surface area (Å²) in [4.78, 5) is 38.6. The second-order valence-corrected chi connectivity index (χ2v) is 5.93. The minimum absolute atomic E-state index is 0.0746. The van der Waals surface area contributed by atoms with Crippen LogP contribution >= 0.6 is 0 Å². The molecule has 0 spiro atoms. The number of aryl methyl sites for hydroxylation is 1. The normalized spacial score (nSPS) is 13.4. The van der Waals surface area contributed by atoms with E-state index in [-0.39, 0.29) is 5.56 Å². The zero-order valence-corrected chi connectivity index (χ0v) is 13.3. The molecule has 1 aliphatic heterocycles. The number of anilines is 1. The zero-order chi connectivity index (χ0) is 17.7. The lowest BCUT2D eigenvalue weighted by atomic mass is 9.91. The van der Waals surface area contributed by atoms with Gasteiger partial charge in [-0.2, -0.15) is 0 Å². The molecule has 0 atom stereocenters. The maximum atomic E-state index is 13.0. The van der Waals surface area contributed by atoms with Crippen molar-refractivity contribution in [1.82, 2.24) is 0 Å². The van der Waals surface area contributed by atoms with Gasteiger partial charge in [0.2, 0.25) is 0 Å². The molecule has 1 aliphatic rings. The fourth-order valence-electron chi connectivity index (χ4n) is 3.32. The lowest BCUT2D eigenvalue weighted by molar-refractivity contribution is 0.0697.